The van der Waals surface area contributed by atoms with Crippen molar-refractivity contribution >= 4 is 27.9 Å². The van der Waals surface area contributed by atoms with Gasteiger partial charge < -0.3 is 10.3 Å². The number of pyridine rings is 1. The van der Waals surface area contributed by atoms with Crippen LogP contribution in [0.3, 0.4) is 0 Å². The molecule has 2 N–H and O–H groups in total. The zero-order valence-corrected chi connectivity index (χ0v) is 11.4. The number of nitrogens with two attached hydrogens (primary N) is 1. The highest BCUT2D eigenvalue weighted by Crippen LogP contribution is 2.25. The van der Waals surface area contributed by atoms with Gasteiger partial charge in [0.2, 0.25) is 5.95 Å². The minimum atomic E-state index is 0.440. The van der Waals surface area contributed by atoms with Gasteiger partial charge in [-0.3, -0.25) is 9.67 Å². The molecule has 21 heavy (non-hydrogen) atoms. The molecule has 0 bridgehead atoms. The molecule has 7 heteroatoms. The van der Waals surface area contributed by atoms with Gasteiger partial charge in [-0.2, -0.15) is 5.10 Å². The summed E-state index contributed by atoms with van der Waals surface area (Å²) >= 11 is 0. The number of hydrogen-bond acceptors (Lipinski definition) is 5. The Morgan fingerprint density at radius 1 is 1.14 bits per heavy atom. The first kappa shape index (κ1) is 11.8. The van der Waals surface area contributed by atoms with E-state index in [0.29, 0.717) is 18.3 Å². The molecule has 7 nitrogen and oxygen atoms in total. The minimum absolute atomic E-state index is 0.440. The van der Waals surface area contributed by atoms with Crippen LogP contribution in [0.5, 0.6) is 0 Å². The van der Waals surface area contributed by atoms with Gasteiger partial charge >= 0.3 is 0 Å². The summed E-state index contributed by atoms with van der Waals surface area (Å²) in [6.07, 6.45) is 3.42. The Hall–Kier alpha value is -2.96. The Labute approximate surface area is 120 Å². The molecule has 0 saturated carbocycles. The van der Waals surface area contributed by atoms with Gasteiger partial charge in [0, 0.05) is 12.4 Å². The predicted molar refractivity (Wildman–Crippen MR) is 79.6 cm³/mol. The molecule has 1 aromatic carbocycles. The lowest BCUT2D eigenvalue weighted by Crippen LogP contribution is -2.06. The lowest BCUT2D eigenvalue weighted by Gasteiger charge is -2.05. The second-order valence-corrected chi connectivity index (χ2v) is 4.90. The molecule has 4 aromatic rings. The van der Waals surface area contributed by atoms with Crippen LogP contribution in [-0.4, -0.2) is 29.3 Å². The maximum atomic E-state index is 6.06. The highest BCUT2D eigenvalue weighted by Gasteiger charge is 2.13. The van der Waals surface area contributed by atoms with Crippen LogP contribution in [0.15, 0.2) is 36.8 Å². The van der Waals surface area contributed by atoms with Gasteiger partial charge in [-0.25, -0.2) is 9.97 Å². The van der Waals surface area contributed by atoms with E-state index >= 15 is 0 Å². The number of aromatic nitrogens is 6. The number of para-hydroxylation sites is 1. The monoisotopic (exact) mass is 279 g/mol. The third-order valence-corrected chi connectivity index (χ3v) is 3.46. The molecule has 4 rings (SSSR count). The van der Waals surface area contributed by atoms with Gasteiger partial charge in [0.05, 0.1) is 23.8 Å². The zero-order chi connectivity index (χ0) is 14.4. The van der Waals surface area contributed by atoms with Crippen LogP contribution in [0.1, 0.15) is 5.82 Å². The molecule has 3 heterocycles. The molecule has 0 aliphatic rings. The number of nitrogen functional groups attached to an aromatic ring is 1. The van der Waals surface area contributed by atoms with Crippen molar-refractivity contribution < 1.29 is 0 Å². The number of nitrogens with zero attached hydrogens (tertiary/aromatic N) is 6. The first-order valence-electron chi connectivity index (χ1n) is 6.56. The summed E-state index contributed by atoms with van der Waals surface area (Å²) in [7, 11) is 1.84. The largest absolute Gasteiger partial charge is 0.369 e. The van der Waals surface area contributed by atoms with Crippen LogP contribution in [0.25, 0.3) is 21.9 Å². The molecule has 3 aromatic heterocycles. The molecule has 0 spiro atoms. The number of fused-ring (bicyclic) bond motifs is 3. The second kappa shape index (κ2) is 4.27. The van der Waals surface area contributed by atoms with E-state index in [-0.39, 0.29) is 0 Å². The van der Waals surface area contributed by atoms with E-state index in [4.69, 9.17) is 5.73 Å². The van der Waals surface area contributed by atoms with Crippen molar-refractivity contribution in [2.75, 3.05) is 5.73 Å². The molecule has 0 unspecified atom stereocenters. The van der Waals surface area contributed by atoms with E-state index in [2.05, 4.69) is 20.1 Å². The maximum Gasteiger partial charge on any atom is 0.201 e. The van der Waals surface area contributed by atoms with Gasteiger partial charge in [0.15, 0.2) is 5.82 Å². The van der Waals surface area contributed by atoms with Crippen molar-refractivity contribution in [3.63, 3.8) is 0 Å². The van der Waals surface area contributed by atoms with Crippen LogP contribution < -0.4 is 5.73 Å². The van der Waals surface area contributed by atoms with Crippen LogP contribution in [-0.2, 0) is 13.6 Å². The number of aryl methyl sites for hydroxylation is 1. The van der Waals surface area contributed by atoms with Crippen molar-refractivity contribution in [3.8, 4) is 0 Å². The van der Waals surface area contributed by atoms with E-state index in [0.717, 1.165) is 21.9 Å². The molecule has 0 radical (unpaired) electrons. The third kappa shape index (κ3) is 1.82. The Morgan fingerprint density at radius 3 is 2.81 bits per heavy atom. The Balaban J connectivity index is 1.98. The van der Waals surface area contributed by atoms with E-state index in [1.807, 2.05) is 35.9 Å². The molecule has 0 aliphatic heterocycles. The second-order valence-electron chi connectivity index (χ2n) is 4.90. The fourth-order valence-corrected chi connectivity index (χ4v) is 2.54. The van der Waals surface area contributed by atoms with Crippen LogP contribution >= 0.6 is 0 Å². The summed E-state index contributed by atoms with van der Waals surface area (Å²) in [6, 6.07) is 7.94. The zero-order valence-electron chi connectivity index (χ0n) is 11.4. The van der Waals surface area contributed by atoms with Crippen LogP contribution in [0, 0.1) is 0 Å². The number of anilines is 1. The topological polar surface area (TPSA) is 87.4 Å². The van der Waals surface area contributed by atoms with Crippen molar-refractivity contribution in [1.82, 2.24) is 29.3 Å². The van der Waals surface area contributed by atoms with Gasteiger partial charge in [-0.1, -0.05) is 18.2 Å². The quantitative estimate of drug-likeness (QED) is 0.598. The van der Waals surface area contributed by atoms with E-state index in [1.54, 1.807) is 17.2 Å². The molecule has 0 fully saturated rings. The first-order valence-corrected chi connectivity index (χ1v) is 6.56. The van der Waals surface area contributed by atoms with Gasteiger partial charge in [-0.15, -0.1) is 0 Å². The lowest BCUT2D eigenvalue weighted by molar-refractivity contribution is 0.715. The Bertz CT molecular complexity index is 950. The summed E-state index contributed by atoms with van der Waals surface area (Å²) in [5.74, 6) is 1.14. The number of benzene rings is 1. The number of hydrogen-bond donors (Lipinski definition) is 1. The van der Waals surface area contributed by atoms with E-state index in [1.165, 1.54) is 0 Å². The smallest absolute Gasteiger partial charge is 0.201 e. The average Bonchev–Trinajstić information content (AvgIpc) is 3.03. The fourth-order valence-electron chi connectivity index (χ4n) is 2.54. The average molecular weight is 279 g/mol. The Kier molecular flexibility index (Phi) is 2.41. The SMILES string of the molecule is Cn1cnc(Cn2c(N)nc3cnc4ccccc4c32)n1. The van der Waals surface area contributed by atoms with Crippen molar-refractivity contribution in [2.45, 2.75) is 6.54 Å². The standard InChI is InChI=1S/C14H13N7/c1-20-8-17-12(19-20)7-21-13-9-4-2-3-5-10(9)16-6-11(13)18-14(21)15/h2-6,8H,7H2,1H3,(H2,15,18). The summed E-state index contributed by atoms with van der Waals surface area (Å²) in [4.78, 5) is 13.0. The van der Waals surface area contributed by atoms with Crippen molar-refractivity contribution in [1.29, 1.82) is 0 Å². The Morgan fingerprint density at radius 2 is 2.00 bits per heavy atom. The minimum Gasteiger partial charge on any atom is -0.369 e. The van der Waals surface area contributed by atoms with Crippen LogP contribution in [0.2, 0.25) is 0 Å². The molecule has 0 amide bonds. The summed E-state index contributed by atoms with van der Waals surface area (Å²) in [6.45, 7) is 0.483. The van der Waals surface area contributed by atoms with Gasteiger partial charge in [0.25, 0.3) is 0 Å². The number of imidazole rings is 1. The molecule has 0 atom stereocenters. The predicted octanol–water partition coefficient (Wildman–Crippen LogP) is 1.34. The van der Waals surface area contributed by atoms with Crippen molar-refractivity contribution in [3.05, 3.63) is 42.6 Å². The van der Waals surface area contributed by atoms with Gasteiger partial charge in [0.1, 0.15) is 11.8 Å². The number of rotatable bonds is 2. The highest BCUT2D eigenvalue weighted by atomic mass is 15.3. The van der Waals surface area contributed by atoms with Gasteiger partial charge in [-0.05, 0) is 6.07 Å². The maximum absolute atomic E-state index is 6.06. The molecular formula is C14H13N7. The first-order chi connectivity index (χ1) is 10.2. The van der Waals surface area contributed by atoms with Crippen LogP contribution in [0.4, 0.5) is 5.95 Å². The van der Waals surface area contributed by atoms with Crippen molar-refractivity contribution in [2.24, 2.45) is 7.05 Å². The molecule has 104 valence electrons. The van der Waals surface area contributed by atoms with E-state index in [9.17, 15) is 0 Å². The normalized spacial score (nSPS) is 11.5. The molecule has 0 aliphatic carbocycles. The summed E-state index contributed by atoms with van der Waals surface area (Å²) in [5.41, 5.74) is 8.72. The van der Waals surface area contributed by atoms with E-state index < -0.39 is 0 Å². The lowest BCUT2D eigenvalue weighted by atomic mass is 10.2. The molecular weight excluding hydrogens is 266 g/mol. The third-order valence-electron chi connectivity index (χ3n) is 3.46. The molecule has 0 saturated heterocycles. The summed E-state index contributed by atoms with van der Waals surface area (Å²) in [5, 5.41) is 5.32. The fraction of sp³-hybridized carbons (Fsp3) is 0.143. The highest BCUT2D eigenvalue weighted by molar-refractivity contribution is 6.02. The summed E-state index contributed by atoms with van der Waals surface area (Å²) < 4.78 is 3.60.